The van der Waals surface area contributed by atoms with Crippen LogP contribution in [0.1, 0.15) is 29.7 Å². The highest BCUT2D eigenvalue weighted by Gasteiger charge is 2.23. The second kappa shape index (κ2) is 10.1. The molecule has 0 radical (unpaired) electrons. The van der Waals surface area contributed by atoms with Crippen LogP contribution in [-0.4, -0.2) is 75.1 Å². The summed E-state index contributed by atoms with van der Waals surface area (Å²) in [5.74, 6) is 0.203. The van der Waals surface area contributed by atoms with Crippen LogP contribution in [0.4, 0.5) is 0 Å². The number of carbonyl (C=O) groups excluding carboxylic acids is 1. The molecular formula is C25H32N6O. The highest BCUT2D eigenvalue weighted by atomic mass is 16.2. The van der Waals surface area contributed by atoms with Crippen molar-refractivity contribution in [3.05, 3.63) is 77.9 Å². The highest BCUT2D eigenvalue weighted by Crippen LogP contribution is 2.20. The molecule has 168 valence electrons. The maximum Gasteiger partial charge on any atom is 0.236 e. The van der Waals surface area contributed by atoms with Gasteiger partial charge >= 0.3 is 0 Å². The third-order valence-electron chi connectivity index (χ3n) is 6.48. The number of aryl methyl sites for hydroxylation is 1. The number of nitrogens with zero attached hydrogens (tertiary/aromatic N) is 6. The van der Waals surface area contributed by atoms with E-state index >= 15 is 0 Å². The van der Waals surface area contributed by atoms with Gasteiger partial charge in [0.2, 0.25) is 5.91 Å². The maximum absolute atomic E-state index is 12.9. The van der Waals surface area contributed by atoms with Crippen molar-refractivity contribution < 1.29 is 4.79 Å². The maximum atomic E-state index is 12.9. The Morgan fingerprint density at radius 1 is 1.06 bits per heavy atom. The Labute approximate surface area is 190 Å². The lowest BCUT2D eigenvalue weighted by molar-refractivity contribution is -0.134. The Morgan fingerprint density at radius 3 is 2.44 bits per heavy atom. The number of amides is 1. The van der Waals surface area contributed by atoms with Crippen molar-refractivity contribution in [3.63, 3.8) is 0 Å². The molecule has 1 aromatic heterocycles. The second-order valence-corrected chi connectivity index (χ2v) is 8.61. The predicted molar refractivity (Wildman–Crippen MR) is 125 cm³/mol. The van der Waals surface area contributed by atoms with E-state index in [9.17, 15) is 4.79 Å². The Balaban J connectivity index is 1.27. The minimum absolute atomic E-state index is 0.145. The van der Waals surface area contributed by atoms with Crippen LogP contribution in [-0.2, 0) is 11.3 Å². The van der Waals surface area contributed by atoms with Crippen LogP contribution >= 0.6 is 0 Å². The third kappa shape index (κ3) is 5.23. The van der Waals surface area contributed by atoms with Gasteiger partial charge in [-0.2, -0.15) is 5.10 Å². The van der Waals surface area contributed by atoms with Gasteiger partial charge < -0.3 is 4.90 Å². The molecule has 0 aliphatic carbocycles. The minimum atomic E-state index is 0.145. The Kier molecular flexibility index (Phi) is 6.97. The number of likely N-dealkylation sites (N-methyl/N-ethyl adjacent to an activating group) is 1. The average Bonchev–Trinajstić information content (AvgIpc) is 3.36. The zero-order chi connectivity index (χ0) is 22.5. The van der Waals surface area contributed by atoms with E-state index in [1.807, 2.05) is 24.1 Å². The van der Waals surface area contributed by atoms with Crippen LogP contribution in [0.5, 0.6) is 0 Å². The monoisotopic (exact) mass is 432 g/mol. The van der Waals surface area contributed by atoms with Gasteiger partial charge in [-0.1, -0.05) is 36.4 Å². The van der Waals surface area contributed by atoms with Gasteiger partial charge in [0.25, 0.3) is 0 Å². The smallest absolute Gasteiger partial charge is 0.236 e. The van der Waals surface area contributed by atoms with Crippen LogP contribution in [0.15, 0.2) is 61.2 Å². The topological polar surface area (TPSA) is 57.5 Å². The molecule has 1 fully saturated rings. The molecule has 2 heterocycles. The molecule has 7 heteroatoms. The number of hydrogen-bond acceptors (Lipinski definition) is 5. The van der Waals surface area contributed by atoms with Gasteiger partial charge in [0.05, 0.1) is 12.2 Å². The number of aromatic nitrogens is 3. The van der Waals surface area contributed by atoms with Gasteiger partial charge in [-0.3, -0.25) is 14.6 Å². The molecule has 0 spiro atoms. The number of piperazine rings is 1. The summed E-state index contributed by atoms with van der Waals surface area (Å²) in [6.07, 6.45) is 3.21. The molecule has 0 bridgehead atoms. The summed E-state index contributed by atoms with van der Waals surface area (Å²) >= 11 is 0. The zero-order valence-corrected chi connectivity index (χ0v) is 19.2. The minimum Gasteiger partial charge on any atom is -0.339 e. The molecular weight excluding hydrogens is 400 g/mol. The lowest BCUT2D eigenvalue weighted by atomic mass is 10.1. The van der Waals surface area contributed by atoms with Crippen LogP contribution < -0.4 is 0 Å². The van der Waals surface area contributed by atoms with Crippen LogP contribution in [0.3, 0.4) is 0 Å². The van der Waals surface area contributed by atoms with Gasteiger partial charge in [-0.15, -0.1) is 0 Å². The SMILES string of the molecule is Cc1ccccc1CN1CCN(C(=O)CN(C)C(C)c2ccc(-n3cncn3)cc2)CC1. The van der Waals surface area contributed by atoms with E-state index in [0.717, 1.165) is 38.4 Å². The Morgan fingerprint density at radius 2 is 1.78 bits per heavy atom. The molecule has 1 saturated heterocycles. The van der Waals surface area contributed by atoms with Crippen molar-refractivity contribution >= 4 is 5.91 Å². The molecule has 1 aliphatic heterocycles. The molecule has 2 aromatic carbocycles. The van der Waals surface area contributed by atoms with E-state index in [4.69, 9.17) is 0 Å². The molecule has 1 atom stereocenters. The Hall–Kier alpha value is -3.03. The number of benzene rings is 2. The number of hydrogen-bond donors (Lipinski definition) is 0. The standard InChI is InChI=1S/C25H32N6O/c1-20-6-4-5-7-23(20)16-29-12-14-30(15-13-29)25(32)17-28(3)21(2)22-8-10-24(11-9-22)31-19-26-18-27-31/h4-11,18-19,21H,12-17H2,1-3H3. The van der Waals surface area contributed by atoms with E-state index in [1.165, 1.54) is 23.0 Å². The van der Waals surface area contributed by atoms with Gasteiger partial charge in [0.1, 0.15) is 12.7 Å². The summed E-state index contributed by atoms with van der Waals surface area (Å²) in [6.45, 7) is 9.09. The fourth-order valence-electron chi connectivity index (χ4n) is 4.14. The van der Waals surface area contributed by atoms with Crippen molar-refractivity contribution in [1.82, 2.24) is 29.5 Å². The summed E-state index contributed by atoms with van der Waals surface area (Å²) < 4.78 is 1.74. The summed E-state index contributed by atoms with van der Waals surface area (Å²) in [5.41, 5.74) is 4.85. The summed E-state index contributed by atoms with van der Waals surface area (Å²) in [4.78, 5) is 23.5. The predicted octanol–water partition coefficient (Wildman–Crippen LogP) is 2.91. The molecule has 0 N–H and O–H groups in total. The first kappa shape index (κ1) is 22.2. The first-order valence-corrected chi connectivity index (χ1v) is 11.2. The number of carbonyl (C=O) groups is 1. The third-order valence-corrected chi connectivity index (χ3v) is 6.48. The summed E-state index contributed by atoms with van der Waals surface area (Å²) in [6, 6.07) is 16.9. The first-order chi connectivity index (χ1) is 15.5. The quantitative estimate of drug-likeness (QED) is 0.575. The lowest BCUT2D eigenvalue weighted by Gasteiger charge is -2.36. The van der Waals surface area contributed by atoms with E-state index < -0.39 is 0 Å². The van der Waals surface area contributed by atoms with Gasteiger partial charge in [-0.25, -0.2) is 9.67 Å². The fraction of sp³-hybridized carbons (Fsp3) is 0.400. The molecule has 1 amide bonds. The average molecular weight is 433 g/mol. The van der Waals surface area contributed by atoms with E-state index in [2.05, 4.69) is 70.1 Å². The fourth-order valence-corrected chi connectivity index (χ4v) is 4.14. The van der Waals surface area contributed by atoms with Crippen molar-refractivity contribution in [2.75, 3.05) is 39.8 Å². The first-order valence-electron chi connectivity index (χ1n) is 11.2. The zero-order valence-electron chi connectivity index (χ0n) is 19.2. The van der Waals surface area contributed by atoms with Gasteiger partial charge in [0.15, 0.2) is 0 Å². The lowest BCUT2D eigenvalue weighted by Crippen LogP contribution is -2.50. The van der Waals surface area contributed by atoms with Crippen molar-refractivity contribution in [1.29, 1.82) is 0 Å². The van der Waals surface area contributed by atoms with Crippen molar-refractivity contribution in [3.8, 4) is 5.69 Å². The molecule has 0 saturated carbocycles. The van der Waals surface area contributed by atoms with E-state index in [1.54, 1.807) is 11.0 Å². The molecule has 1 unspecified atom stereocenters. The largest absolute Gasteiger partial charge is 0.339 e. The highest BCUT2D eigenvalue weighted by molar-refractivity contribution is 5.78. The van der Waals surface area contributed by atoms with E-state index in [-0.39, 0.29) is 11.9 Å². The van der Waals surface area contributed by atoms with Gasteiger partial charge in [0, 0.05) is 38.8 Å². The molecule has 4 rings (SSSR count). The van der Waals surface area contributed by atoms with Crippen LogP contribution in [0.2, 0.25) is 0 Å². The Bertz CT molecular complexity index is 1010. The van der Waals surface area contributed by atoms with Crippen molar-refractivity contribution in [2.24, 2.45) is 0 Å². The van der Waals surface area contributed by atoms with Crippen LogP contribution in [0.25, 0.3) is 5.69 Å². The molecule has 3 aromatic rings. The normalized spacial score (nSPS) is 15.8. The molecule has 32 heavy (non-hydrogen) atoms. The van der Waals surface area contributed by atoms with Crippen molar-refractivity contribution in [2.45, 2.75) is 26.4 Å². The summed E-state index contributed by atoms with van der Waals surface area (Å²) in [5, 5.41) is 4.16. The second-order valence-electron chi connectivity index (χ2n) is 8.61. The summed E-state index contributed by atoms with van der Waals surface area (Å²) in [7, 11) is 2.02. The van der Waals surface area contributed by atoms with Crippen LogP contribution in [0, 0.1) is 6.92 Å². The molecule has 7 nitrogen and oxygen atoms in total. The number of rotatable bonds is 7. The van der Waals surface area contributed by atoms with E-state index in [0.29, 0.717) is 6.54 Å². The van der Waals surface area contributed by atoms with Gasteiger partial charge in [-0.05, 0) is 49.7 Å². The molecule has 1 aliphatic rings.